The van der Waals surface area contributed by atoms with E-state index in [2.05, 4.69) is 5.32 Å². The number of amides is 2. The van der Waals surface area contributed by atoms with E-state index in [1.165, 1.54) is 23.1 Å². The van der Waals surface area contributed by atoms with Crippen LogP contribution in [0.25, 0.3) is 0 Å². The highest BCUT2D eigenvalue weighted by Crippen LogP contribution is 2.21. The first-order valence-electron chi connectivity index (χ1n) is 11.1. The van der Waals surface area contributed by atoms with Gasteiger partial charge in [-0.1, -0.05) is 42.8 Å². The molecule has 2 aromatic rings. The summed E-state index contributed by atoms with van der Waals surface area (Å²) in [6, 6.07) is 11.8. The van der Waals surface area contributed by atoms with Gasteiger partial charge in [0.1, 0.15) is 18.4 Å². The molecule has 7 nitrogen and oxygen atoms in total. The van der Waals surface area contributed by atoms with Crippen LogP contribution in [-0.4, -0.2) is 49.5 Å². The highest BCUT2D eigenvalue weighted by atomic mass is 32.2. The summed E-state index contributed by atoms with van der Waals surface area (Å²) < 4.78 is 39.7. The van der Waals surface area contributed by atoms with Crippen molar-refractivity contribution in [2.75, 3.05) is 17.1 Å². The molecule has 0 bridgehead atoms. The van der Waals surface area contributed by atoms with Gasteiger partial charge in [0.2, 0.25) is 21.8 Å². The van der Waals surface area contributed by atoms with E-state index in [0.29, 0.717) is 6.42 Å². The summed E-state index contributed by atoms with van der Waals surface area (Å²) in [4.78, 5) is 28.1. The number of carbonyl (C=O) groups excluding carboxylic acids is 2. The Hall–Kier alpha value is -2.94. The van der Waals surface area contributed by atoms with Gasteiger partial charge < -0.3 is 10.2 Å². The van der Waals surface area contributed by atoms with Crippen LogP contribution >= 0.6 is 0 Å². The van der Waals surface area contributed by atoms with Gasteiger partial charge >= 0.3 is 0 Å². The van der Waals surface area contributed by atoms with E-state index < -0.39 is 39.9 Å². The van der Waals surface area contributed by atoms with E-state index in [4.69, 9.17) is 0 Å². The van der Waals surface area contributed by atoms with Crippen molar-refractivity contribution in [1.29, 1.82) is 0 Å². The van der Waals surface area contributed by atoms with Gasteiger partial charge in [0.05, 0.1) is 11.9 Å². The summed E-state index contributed by atoms with van der Waals surface area (Å²) in [6.07, 6.45) is 1.29. The molecule has 0 saturated carbocycles. The Balaban J connectivity index is 2.46. The zero-order chi connectivity index (χ0) is 25.7. The smallest absolute Gasteiger partial charge is 0.244 e. The molecule has 0 aromatic heterocycles. The molecule has 0 spiro atoms. The number of nitrogens with zero attached hydrogens (tertiary/aromatic N) is 2. The SMILES string of the molecule is CC[C@@H](C(=O)NC(C)(C)C)N(Cc1cccc(C)c1)C(=O)CN(c1cccc(F)c1)S(C)(=O)=O. The van der Waals surface area contributed by atoms with Crippen molar-refractivity contribution < 1.29 is 22.4 Å². The largest absolute Gasteiger partial charge is 0.350 e. The lowest BCUT2D eigenvalue weighted by Gasteiger charge is -2.34. The number of nitrogens with one attached hydrogen (secondary N) is 1. The van der Waals surface area contributed by atoms with Gasteiger partial charge in [-0.2, -0.15) is 0 Å². The van der Waals surface area contributed by atoms with Crippen molar-refractivity contribution in [3.63, 3.8) is 0 Å². The van der Waals surface area contributed by atoms with E-state index >= 15 is 0 Å². The van der Waals surface area contributed by atoms with Crippen LogP contribution in [0.3, 0.4) is 0 Å². The normalized spacial score (nSPS) is 12.7. The number of anilines is 1. The molecule has 2 aromatic carbocycles. The fourth-order valence-corrected chi connectivity index (χ4v) is 4.47. The minimum atomic E-state index is -3.91. The molecule has 2 rings (SSSR count). The van der Waals surface area contributed by atoms with Crippen molar-refractivity contribution in [3.8, 4) is 0 Å². The van der Waals surface area contributed by atoms with E-state index in [-0.39, 0.29) is 18.1 Å². The first-order valence-corrected chi connectivity index (χ1v) is 13.0. The summed E-state index contributed by atoms with van der Waals surface area (Å²) in [5, 5.41) is 2.91. The molecule has 0 saturated heterocycles. The van der Waals surface area contributed by atoms with E-state index in [1.54, 1.807) is 6.92 Å². The average Bonchev–Trinajstić information content (AvgIpc) is 2.69. The molecule has 1 N–H and O–H groups in total. The Bertz CT molecular complexity index is 1130. The van der Waals surface area contributed by atoms with Crippen molar-refractivity contribution in [1.82, 2.24) is 10.2 Å². The topological polar surface area (TPSA) is 86.8 Å². The maximum atomic E-state index is 13.8. The molecule has 0 heterocycles. The predicted molar refractivity (Wildman–Crippen MR) is 132 cm³/mol. The fraction of sp³-hybridized carbons (Fsp3) is 0.440. The molecular weight excluding hydrogens is 457 g/mol. The number of halogens is 1. The summed E-state index contributed by atoms with van der Waals surface area (Å²) in [6.45, 7) is 8.82. The Morgan fingerprint density at radius 3 is 2.26 bits per heavy atom. The molecule has 2 amide bonds. The maximum absolute atomic E-state index is 13.8. The summed E-state index contributed by atoms with van der Waals surface area (Å²) in [5.41, 5.74) is 1.34. The molecule has 186 valence electrons. The summed E-state index contributed by atoms with van der Waals surface area (Å²) >= 11 is 0. The Kier molecular flexibility index (Phi) is 8.83. The van der Waals surface area contributed by atoms with Gasteiger partial charge in [-0.05, 0) is 57.9 Å². The van der Waals surface area contributed by atoms with Crippen LogP contribution in [0, 0.1) is 12.7 Å². The second-order valence-corrected chi connectivity index (χ2v) is 11.3. The van der Waals surface area contributed by atoms with Crippen molar-refractivity contribution in [3.05, 3.63) is 65.5 Å². The second kappa shape index (κ2) is 11.0. The first-order chi connectivity index (χ1) is 15.7. The monoisotopic (exact) mass is 491 g/mol. The molecule has 0 fully saturated rings. The van der Waals surface area contributed by atoms with Crippen molar-refractivity contribution in [2.45, 2.75) is 59.2 Å². The highest BCUT2D eigenvalue weighted by Gasteiger charge is 2.33. The van der Waals surface area contributed by atoms with Crippen LogP contribution in [0.1, 0.15) is 45.2 Å². The van der Waals surface area contributed by atoms with Crippen molar-refractivity contribution in [2.24, 2.45) is 0 Å². The molecule has 0 aliphatic rings. The van der Waals surface area contributed by atoms with Gasteiger partial charge in [-0.3, -0.25) is 13.9 Å². The van der Waals surface area contributed by atoms with Gasteiger partial charge in [0, 0.05) is 12.1 Å². The number of sulfonamides is 1. The number of benzene rings is 2. The summed E-state index contributed by atoms with van der Waals surface area (Å²) in [5.74, 6) is -1.51. The van der Waals surface area contributed by atoms with Gasteiger partial charge in [-0.25, -0.2) is 12.8 Å². The quantitative estimate of drug-likeness (QED) is 0.581. The lowest BCUT2D eigenvalue weighted by atomic mass is 10.0. The van der Waals surface area contributed by atoms with E-state index in [9.17, 15) is 22.4 Å². The number of hydrogen-bond donors (Lipinski definition) is 1. The summed E-state index contributed by atoms with van der Waals surface area (Å²) in [7, 11) is -3.91. The van der Waals surface area contributed by atoms with Crippen LogP contribution in [-0.2, 0) is 26.2 Å². The zero-order valence-corrected chi connectivity index (χ0v) is 21.4. The fourth-order valence-electron chi connectivity index (χ4n) is 3.62. The zero-order valence-electron chi connectivity index (χ0n) is 20.6. The van der Waals surface area contributed by atoms with Crippen molar-refractivity contribution >= 4 is 27.5 Å². The second-order valence-electron chi connectivity index (χ2n) is 9.42. The van der Waals surface area contributed by atoms with Gasteiger partial charge in [-0.15, -0.1) is 0 Å². The average molecular weight is 492 g/mol. The third-order valence-electron chi connectivity index (χ3n) is 5.09. The Morgan fingerprint density at radius 2 is 1.74 bits per heavy atom. The van der Waals surface area contributed by atoms with E-state index in [0.717, 1.165) is 27.8 Å². The number of rotatable bonds is 9. The minimum absolute atomic E-state index is 0.0403. The third-order valence-corrected chi connectivity index (χ3v) is 6.24. The molecule has 0 aliphatic heterocycles. The van der Waals surface area contributed by atoms with Crippen LogP contribution in [0.2, 0.25) is 0 Å². The molecule has 0 aliphatic carbocycles. The van der Waals surface area contributed by atoms with Crippen LogP contribution in [0.5, 0.6) is 0 Å². The molecule has 9 heteroatoms. The van der Waals surface area contributed by atoms with Crippen LogP contribution in [0.15, 0.2) is 48.5 Å². The standard InChI is InChI=1S/C25H34FN3O4S/c1-7-22(24(31)27-25(3,4)5)28(16-19-11-8-10-18(2)14-19)23(30)17-29(34(6,32)33)21-13-9-12-20(26)15-21/h8-15,22H,7,16-17H2,1-6H3,(H,27,31)/t22-/m0/s1. The lowest BCUT2D eigenvalue weighted by molar-refractivity contribution is -0.141. The lowest BCUT2D eigenvalue weighted by Crippen LogP contribution is -2.55. The third kappa shape index (κ3) is 7.83. The van der Waals surface area contributed by atoms with E-state index in [1.807, 2.05) is 52.0 Å². The predicted octanol–water partition coefficient (Wildman–Crippen LogP) is 3.62. The number of hydrogen-bond acceptors (Lipinski definition) is 4. The van der Waals surface area contributed by atoms with Crippen LogP contribution in [0.4, 0.5) is 10.1 Å². The Labute approximate surface area is 202 Å². The van der Waals surface area contributed by atoms with Crippen LogP contribution < -0.4 is 9.62 Å². The Morgan fingerprint density at radius 1 is 1.09 bits per heavy atom. The molecule has 0 unspecified atom stereocenters. The molecule has 1 atom stereocenters. The van der Waals surface area contributed by atoms with Gasteiger partial charge in [0.25, 0.3) is 0 Å². The number of carbonyl (C=O) groups is 2. The molecular formula is C25H34FN3O4S. The number of aryl methyl sites for hydroxylation is 1. The molecule has 34 heavy (non-hydrogen) atoms. The molecule has 0 radical (unpaired) electrons. The highest BCUT2D eigenvalue weighted by molar-refractivity contribution is 7.92. The minimum Gasteiger partial charge on any atom is -0.350 e. The maximum Gasteiger partial charge on any atom is 0.244 e. The first kappa shape index (κ1) is 27.3. The van der Waals surface area contributed by atoms with Gasteiger partial charge in [0.15, 0.2) is 0 Å².